The molecule has 1 heterocycles. The maximum atomic E-state index is 14.6. The molecule has 6 nitrogen and oxygen atoms in total. The van der Waals surface area contributed by atoms with Gasteiger partial charge in [0.25, 0.3) is 15.9 Å². The minimum absolute atomic E-state index is 0.00762. The fourth-order valence-electron chi connectivity index (χ4n) is 3.17. The Morgan fingerprint density at radius 2 is 1.71 bits per heavy atom. The number of hydrogen-bond acceptors (Lipinski definition) is 4. The van der Waals surface area contributed by atoms with Gasteiger partial charge in [-0.25, -0.2) is 21.6 Å². The third kappa shape index (κ3) is 3.86. The Bertz CT molecular complexity index is 1360. The molecular formula is C20H12BrF3N2O4S. The Morgan fingerprint density at radius 1 is 0.968 bits per heavy atom. The van der Waals surface area contributed by atoms with Gasteiger partial charge in [0.05, 0.1) is 10.2 Å². The van der Waals surface area contributed by atoms with Crippen molar-refractivity contribution in [1.29, 1.82) is 0 Å². The number of nitrogens with one attached hydrogen (secondary N) is 2. The number of aromatic hydroxyl groups is 1. The highest BCUT2D eigenvalue weighted by atomic mass is 79.9. The molecule has 1 aliphatic heterocycles. The van der Waals surface area contributed by atoms with Crippen LogP contribution in [0.5, 0.6) is 5.75 Å². The molecule has 0 fully saturated rings. The van der Waals surface area contributed by atoms with Gasteiger partial charge in [0, 0.05) is 23.7 Å². The number of phenols is 1. The molecule has 0 aromatic heterocycles. The number of anilines is 1. The van der Waals surface area contributed by atoms with E-state index >= 15 is 0 Å². The third-order valence-electron chi connectivity index (χ3n) is 4.68. The van der Waals surface area contributed by atoms with E-state index in [4.69, 9.17) is 0 Å². The molecule has 3 N–H and O–H groups in total. The molecule has 4 rings (SSSR count). The zero-order chi connectivity index (χ0) is 22.5. The lowest BCUT2D eigenvalue weighted by atomic mass is 9.98. The molecule has 1 aliphatic rings. The van der Waals surface area contributed by atoms with E-state index in [0.29, 0.717) is 11.6 Å². The van der Waals surface area contributed by atoms with E-state index in [1.165, 1.54) is 12.1 Å². The first kappa shape index (κ1) is 21.2. The Labute approximate surface area is 182 Å². The highest BCUT2D eigenvalue weighted by Gasteiger charge is 2.26. The molecule has 0 aliphatic carbocycles. The Kier molecular flexibility index (Phi) is 5.18. The van der Waals surface area contributed by atoms with E-state index in [1.54, 1.807) is 0 Å². The number of sulfonamides is 1. The minimum atomic E-state index is -4.60. The van der Waals surface area contributed by atoms with Crippen LogP contribution in [0.3, 0.4) is 0 Å². The molecule has 160 valence electrons. The predicted octanol–water partition coefficient (Wildman–Crippen LogP) is 4.28. The predicted molar refractivity (Wildman–Crippen MR) is 110 cm³/mol. The number of rotatable bonds is 0. The van der Waals surface area contributed by atoms with Crippen molar-refractivity contribution in [2.24, 2.45) is 0 Å². The van der Waals surface area contributed by atoms with Crippen molar-refractivity contribution in [2.45, 2.75) is 11.4 Å². The van der Waals surface area contributed by atoms with Crippen LogP contribution in [0.15, 0.2) is 51.8 Å². The van der Waals surface area contributed by atoms with Gasteiger partial charge in [0.2, 0.25) is 0 Å². The summed E-state index contributed by atoms with van der Waals surface area (Å²) in [6.07, 6.45) is 0. The molecule has 31 heavy (non-hydrogen) atoms. The van der Waals surface area contributed by atoms with E-state index in [0.717, 1.165) is 24.3 Å². The minimum Gasteiger partial charge on any atom is -0.505 e. The summed E-state index contributed by atoms with van der Waals surface area (Å²) < 4.78 is 70.5. The molecule has 0 radical (unpaired) electrons. The van der Waals surface area contributed by atoms with Crippen LogP contribution in [0.2, 0.25) is 0 Å². The lowest BCUT2D eigenvalue weighted by molar-refractivity contribution is 0.0950. The van der Waals surface area contributed by atoms with Crippen LogP contribution < -0.4 is 10.0 Å². The lowest BCUT2D eigenvalue weighted by Gasteiger charge is -2.14. The van der Waals surface area contributed by atoms with E-state index in [9.17, 15) is 31.5 Å². The van der Waals surface area contributed by atoms with Crippen molar-refractivity contribution in [3.63, 3.8) is 0 Å². The number of phenolic OH excluding ortho intramolecular Hbond substituents is 1. The number of fused-ring (bicyclic) bond motifs is 6. The maximum absolute atomic E-state index is 14.6. The van der Waals surface area contributed by atoms with E-state index in [2.05, 4.69) is 21.2 Å². The standard InChI is InChI=1S/C20H12BrF3N2O4S/c21-14-3-10-4-18(19(14)27)31(29,30)26-17-6-13(15(23)7-16(17)24)12-5-11(22)2-1-9(12)8-25-20(10)28/h1-7,26-27H,8H2,(H,25,28). The molecular weight excluding hydrogens is 501 g/mol. The molecule has 0 saturated carbocycles. The third-order valence-corrected chi connectivity index (χ3v) is 6.67. The fraction of sp³-hybridized carbons (Fsp3) is 0.0500. The van der Waals surface area contributed by atoms with Crippen LogP contribution in [0.25, 0.3) is 11.1 Å². The van der Waals surface area contributed by atoms with Crippen molar-refractivity contribution < 1.29 is 31.5 Å². The van der Waals surface area contributed by atoms with Crippen LogP contribution in [0, 0.1) is 17.5 Å². The maximum Gasteiger partial charge on any atom is 0.265 e. The summed E-state index contributed by atoms with van der Waals surface area (Å²) >= 11 is 2.99. The number of carbonyl (C=O) groups is 1. The quantitative estimate of drug-likeness (QED) is 0.418. The number of hydrogen-bond donors (Lipinski definition) is 3. The van der Waals surface area contributed by atoms with Crippen LogP contribution in [-0.4, -0.2) is 19.4 Å². The monoisotopic (exact) mass is 512 g/mol. The van der Waals surface area contributed by atoms with Gasteiger partial charge >= 0.3 is 0 Å². The van der Waals surface area contributed by atoms with Crippen molar-refractivity contribution in [3.8, 4) is 16.9 Å². The molecule has 0 spiro atoms. The average molecular weight is 513 g/mol. The molecule has 0 atom stereocenters. The topological polar surface area (TPSA) is 95.5 Å². The van der Waals surface area contributed by atoms with Gasteiger partial charge in [-0.1, -0.05) is 6.07 Å². The second-order valence-corrected chi connectivity index (χ2v) is 9.21. The van der Waals surface area contributed by atoms with Crippen molar-refractivity contribution >= 4 is 37.5 Å². The van der Waals surface area contributed by atoms with Gasteiger partial charge < -0.3 is 10.4 Å². The summed E-state index contributed by atoms with van der Waals surface area (Å²) in [6, 6.07) is 6.91. The summed E-state index contributed by atoms with van der Waals surface area (Å²) in [5.41, 5.74) is -0.698. The zero-order valence-corrected chi connectivity index (χ0v) is 17.7. The van der Waals surface area contributed by atoms with Crippen molar-refractivity contribution in [1.82, 2.24) is 5.32 Å². The highest BCUT2D eigenvalue weighted by Crippen LogP contribution is 2.36. The first-order chi connectivity index (χ1) is 14.6. The SMILES string of the molecule is O=C1NCc2ccc(F)cc2-c2cc(c(F)cc2F)NS(=O)(=O)c2cc1cc(Br)c2O. The smallest absolute Gasteiger partial charge is 0.265 e. The molecule has 4 bridgehead atoms. The lowest BCUT2D eigenvalue weighted by Crippen LogP contribution is -2.23. The molecule has 0 unspecified atom stereocenters. The first-order valence-corrected chi connectivity index (χ1v) is 11.0. The van der Waals surface area contributed by atoms with Gasteiger partial charge in [-0.3, -0.25) is 9.52 Å². The summed E-state index contributed by atoms with van der Waals surface area (Å²) in [6.45, 7) is -0.158. The zero-order valence-electron chi connectivity index (χ0n) is 15.3. The Balaban J connectivity index is 2.02. The molecule has 3 aromatic carbocycles. The van der Waals surface area contributed by atoms with Crippen LogP contribution in [-0.2, 0) is 16.6 Å². The van der Waals surface area contributed by atoms with Crippen molar-refractivity contribution in [2.75, 3.05) is 4.72 Å². The summed E-state index contributed by atoms with van der Waals surface area (Å²) in [4.78, 5) is 11.9. The number of amides is 1. The van der Waals surface area contributed by atoms with Gasteiger partial charge in [0.15, 0.2) is 0 Å². The second-order valence-electron chi connectivity index (χ2n) is 6.71. The van der Waals surface area contributed by atoms with Crippen LogP contribution >= 0.6 is 15.9 Å². The molecule has 3 aromatic rings. The van der Waals surface area contributed by atoms with Crippen molar-refractivity contribution in [3.05, 3.63) is 75.5 Å². The highest BCUT2D eigenvalue weighted by molar-refractivity contribution is 9.10. The van der Waals surface area contributed by atoms with Gasteiger partial charge in [-0.2, -0.15) is 0 Å². The molecule has 1 amide bonds. The fourth-order valence-corrected chi connectivity index (χ4v) is 4.97. The molecule has 11 heteroatoms. The first-order valence-electron chi connectivity index (χ1n) is 8.68. The Morgan fingerprint density at radius 3 is 2.45 bits per heavy atom. The van der Waals surface area contributed by atoms with Gasteiger partial charge in [-0.05, 0) is 57.4 Å². The second kappa shape index (κ2) is 7.57. The molecule has 0 saturated heterocycles. The van der Waals surface area contributed by atoms with Crippen LogP contribution in [0.1, 0.15) is 15.9 Å². The number of carbonyl (C=O) groups excluding carboxylic acids is 1. The number of halogens is 4. The average Bonchev–Trinajstić information content (AvgIpc) is 2.70. The Hall–Kier alpha value is -3.05. The van der Waals surface area contributed by atoms with Gasteiger partial charge in [-0.15, -0.1) is 0 Å². The van der Waals surface area contributed by atoms with Crippen LogP contribution in [0.4, 0.5) is 18.9 Å². The van der Waals surface area contributed by atoms with E-state index in [1.807, 2.05) is 4.72 Å². The van der Waals surface area contributed by atoms with E-state index < -0.39 is 49.7 Å². The summed E-state index contributed by atoms with van der Waals surface area (Å²) in [5.74, 6) is -4.39. The van der Waals surface area contributed by atoms with E-state index in [-0.39, 0.29) is 27.7 Å². The normalized spacial score (nSPS) is 14.9. The summed E-state index contributed by atoms with van der Waals surface area (Å²) in [7, 11) is -4.60. The summed E-state index contributed by atoms with van der Waals surface area (Å²) in [5, 5.41) is 12.7. The number of benzene rings is 3. The van der Waals surface area contributed by atoms with Gasteiger partial charge in [0.1, 0.15) is 28.1 Å². The largest absolute Gasteiger partial charge is 0.505 e.